The lowest BCUT2D eigenvalue weighted by Crippen LogP contribution is -2.18. The maximum Gasteiger partial charge on any atom is 0.194 e. The average molecular weight is 295 g/mol. The molecule has 0 unspecified atom stereocenters. The van der Waals surface area contributed by atoms with E-state index in [0.29, 0.717) is 16.8 Å². The van der Waals surface area contributed by atoms with Crippen molar-refractivity contribution in [2.75, 3.05) is 0 Å². The van der Waals surface area contributed by atoms with Gasteiger partial charge in [-0.05, 0) is 25.8 Å². The van der Waals surface area contributed by atoms with Crippen molar-refractivity contribution in [2.45, 2.75) is 39.0 Å². The van der Waals surface area contributed by atoms with Gasteiger partial charge >= 0.3 is 0 Å². The summed E-state index contributed by atoms with van der Waals surface area (Å²) in [5.74, 6) is 0.233. The number of carbonyl (C=O) groups excluding carboxylic acids is 2. The van der Waals surface area contributed by atoms with Gasteiger partial charge in [0.2, 0.25) is 0 Å². The second-order valence-electron chi connectivity index (χ2n) is 6.20. The van der Waals surface area contributed by atoms with Gasteiger partial charge in [0.05, 0.1) is 5.69 Å². The largest absolute Gasteiger partial charge is 0.358 e. The summed E-state index contributed by atoms with van der Waals surface area (Å²) in [5.41, 5.74) is 2.91. The molecule has 1 saturated carbocycles. The van der Waals surface area contributed by atoms with E-state index in [2.05, 4.69) is 4.98 Å². The lowest BCUT2D eigenvalue weighted by atomic mass is 9.85. The highest BCUT2D eigenvalue weighted by Gasteiger charge is 2.24. The normalized spacial score (nSPS) is 15.7. The third-order valence-electron chi connectivity index (χ3n) is 4.50. The van der Waals surface area contributed by atoms with Crippen molar-refractivity contribution in [1.29, 1.82) is 0 Å². The van der Waals surface area contributed by atoms with E-state index in [4.69, 9.17) is 0 Å². The minimum Gasteiger partial charge on any atom is -0.358 e. The molecule has 22 heavy (non-hydrogen) atoms. The van der Waals surface area contributed by atoms with Crippen molar-refractivity contribution in [2.24, 2.45) is 5.92 Å². The van der Waals surface area contributed by atoms with Gasteiger partial charge in [-0.15, -0.1) is 0 Å². The quantitative estimate of drug-likeness (QED) is 0.854. The Morgan fingerprint density at radius 1 is 1.00 bits per heavy atom. The van der Waals surface area contributed by atoms with Crippen LogP contribution >= 0.6 is 0 Å². The number of aromatic amines is 1. The highest BCUT2D eigenvalue weighted by Crippen LogP contribution is 2.27. The third kappa shape index (κ3) is 3.03. The predicted octanol–water partition coefficient (Wildman–Crippen LogP) is 4.32. The zero-order chi connectivity index (χ0) is 15.5. The summed E-state index contributed by atoms with van der Waals surface area (Å²) in [7, 11) is 0. The molecule has 0 bridgehead atoms. The van der Waals surface area contributed by atoms with Crippen LogP contribution in [0.1, 0.15) is 64.1 Å². The average Bonchev–Trinajstić information content (AvgIpc) is 3.05. The van der Waals surface area contributed by atoms with Crippen molar-refractivity contribution in [3.8, 4) is 0 Å². The molecule has 1 N–H and O–H groups in total. The number of ketones is 2. The number of hydrogen-bond donors (Lipinski definition) is 1. The lowest BCUT2D eigenvalue weighted by Gasteiger charge is -2.19. The van der Waals surface area contributed by atoms with E-state index >= 15 is 0 Å². The molecule has 1 aromatic heterocycles. The molecular formula is C19H21NO2. The van der Waals surface area contributed by atoms with Crippen LogP contribution in [0.2, 0.25) is 0 Å². The van der Waals surface area contributed by atoms with Crippen LogP contribution in [0.3, 0.4) is 0 Å². The number of aromatic nitrogens is 1. The number of nitrogens with one attached hydrogen (secondary N) is 1. The Hall–Kier alpha value is -2.16. The summed E-state index contributed by atoms with van der Waals surface area (Å²) in [6.07, 6.45) is 7.08. The van der Waals surface area contributed by atoms with Crippen LogP contribution in [0.25, 0.3) is 0 Å². The zero-order valence-electron chi connectivity index (χ0n) is 12.9. The molecule has 0 aliphatic heterocycles. The number of Topliss-reactive ketones (excluding diaryl/α,β-unsaturated/α-hetero) is 1. The summed E-state index contributed by atoms with van der Waals surface area (Å²) in [4.78, 5) is 27.9. The molecule has 1 heterocycles. The third-order valence-corrected chi connectivity index (χ3v) is 4.50. The Morgan fingerprint density at radius 3 is 2.36 bits per heavy atom. The molecule has 1 aliphatic carbocycles. The minimum atomic E-state index is -0.0426. The van der Waals surface area contributed by atoms with Crippen LogP contribution < -0.4 is 0 Å². The molecule has 3 rings (SSSR count). The second-order valence-corrected chi connectivity index (χ2v) is 6.20. The molecule has 0 amide bonds. The minimum absolute atomic E-state index is 0.0426. The van der Waals surface area contributed by atoms with Crippen LogP contribution in [0.15, 0.2) is 36.5 Å². The Balaban J connectivity index is 1.76. The molecule has 1 aliphatic rings. The first-order chi connectivity index (χ1) is 10.6. The van der Waals surface area contributed by atoms with E-state index < -0.39 is 0 Å². The molecular weight excluding hydrogens is 274 g/mol. The number of hydrogen-bond acceptors (Lipinski definition) is 2. The van der Waals surface area contributed by atoms with Crippen LogP contribution in [0, 0.1) is 12.8 Å². The maximum absolute atomic E-state index is 12.5. The molecule has 0 spiro atoms. The van der Waals surface area contributed by atoms with E-state index in [1.54, 1.807) is 12.3 Å². The maximum atomic E-state index is 12.5. The number of H-pyrrole nitrogens is 1. The van der Waals surface area contributed by atoms with Gasteiger partial charge < -0.3 is 4.98 Å². The van der Waals surface area contributed by atoms with E-state index in [9.17, 15) is 9.59 Å². The van der Waals surface area contributed by atoms with Gasteiger partial charge in [-0.25, -0.2) is 0 Å². The molecule has 0 saturated heterocycles. The first-order valence-electron chi connectivity index (χ1n) is 7.99. The van der Waals surface area contributed by atoms with Gasteiger partial charge in [0.1, 0.15) is 0 Å². The monoisotopic (exact) mass is 295 g/mol. The zero-order valence-corrected chi connectivity index (χ0v) is 12.9. The lowest BCUT2D eigenvalue weighted by molar-refractivity contribution is 0.0885. The van der Waals surface area contributed by atoms with Crippen molar-refractivity contribution in [1.82, 2.24) is 4.98 Å². The van der Waals surface area contributed by atoms with E-state index in [-0.39, 0.29) is 17.5 Å². The number of aryl methyl sites for hydroxylation is 1. The fraction of sp³-hybridized carbons (Fsp3) is 0.368. The highest BCUT2D eigenvalue weighted by molar-refractivity contribution is 6.10. The second kappa shape index (κ2) is 6.30. The number of carbonyl (C=O) groups is 2. The molecule has 1 fully saturated rings. The molecule has 0 radical (unpaired) electrons. The van der Waals surface area contributed by atoms with Crippen molar-refractivity contribution >= 4 is 11.6 Å². The van der Waals surface area contributed by atoms with Gasteiger partial charge in [0, 0.05) is 23.2 Å². The topological polar surface area (TPSA) is 49.9 Å². The molecule has 0 atom stereocenters. The van der Waals surface area contributed by atoms with Crippen molar-refractivity contribution in [3.05, 3.63) is 58.9 Å². The van der Waals surface area contributed by atoms with Gasteiger partial charge in [-0.2, -0.15) is 0 Å². The fourth-order valence-corrected chi connectivity index (χ4v) is 3.12. The highest BCUT2D eigenvalue weighted by atomic mass is 16.1. The summed E-state index contributed by atoms with van der Waals surface area (Å²) in [6, 6.07) is 9.21. The van der Waals surface area contributed by atoms with E-state index in [1.165, 1.54) is 6.42 Å². The van der Waals surface area contributed by atoms with E-state index in [0.717, 1.165) is 31.2 Å². The van der Waals surface area contributed by atoms with Crippen molar-refractivity contribution < 1.29 is 9.59 Å². The van der Waals surface area contributed by atoms with E-state index in [1.807, 2.05) is 31.2 Å². The number of rotatable bonds is 4. The van der Waals surface area contributed by atoms with Crippen molar-refractivity contribution in [3.63, 3.8) is 0 Å². The molecule has 3 heteroatoms. The summed E-state index contributed by atoms with van der Waals surface area (Å²) in [5, 5.41) is 0. The Morgan fingerprint density at radius 2 is 1.68 bits per heavy atom. The SMILES string of the molecule is Cc1ccc(C(=O)c2c[nH]c(C(=O)C3CCCCC3)c2)cc1. The summed E-state index contributed by atoms with van der Waals surface area (Å²) < 4.78 is 0. The Labute approximate surface area is 130 Å². The Kier molecular flexibility index (Phi) is 4.23. The van der Waals surface area contributed by atoms with Crippen LogP contribution in [-0.2, 0) is 0 Å². The molecule has 3 nitrogen and oxygen atoms in total. The van der Waals surface area contributed by atoms with Gasteiger partial charge in [0.25, 0.3) is 0 Å². The summed E-state index contributed by atoms with van der Waals surface area (Å²) in [6.45, 7) is 1.99. The van der Waals surface area contributed by atoms with Crippen LogP contribution in [-0.4, -0.2) is 16.6 Å². The van der Waals surface area contributed by atoms with Crippen LogP contribution in [0.4, 0.5) is 0 Å². The first-order valence-corrected chi connectivity index (χ1v) is 7.99. The van der Waals surface area contributed by atoms with Crippen LogP contribution in [0.5, 0.6) is 0 Å². The van der Waals surface area contributed by atoms with Gasteiger partial charge in [-0.1, -0.05) is 49.1 Å². The molecule has 1 aromatic carbocycles. The first kappa shape index (κ1) is 14.8. The molecule has 114 valence electrons. The summed E-state index contributed by atoms with van der Waals surface area (Å²) >= 11 is 0. The van der Waals surface area contributed by atoms with Gasteiger partial charge in [-0.3, -0.25) is 9.59 Å². The molecule has 2 aromatic rings. The number of benzene rings is 1. The smallest absolute Gasteiger partial charge is 0.194 e. The standard InChI is InChI=1S/C19H21NO2/c1-13-7-9-15(10-8-13)18(21)16-11-17(20-12-16)19(22)14-5-3-2-4-6-14/h7-12,14,20H,2-6H2,1H3. The fourth-order valence-electron chi connectivity index (χ4n) is 3.12. The Bertz CT molecular complexity index is 676. The van der Waals surface area contributed by atoms with Gasteiger partial charge in [0.15, 0.2) is 11.6 Å². The predicted molar refractivity (Wildman–Crippen MR) is 86.3 cm³/mol.